The maximum absolute atomic E-state index is 13.2. The van der Waals surface area contributed by atoms with Crippen molar-refractivity contribution in [2.45, 2.75) is 70.7 Å². The van der Waals surface area contributed by atoms with Crippen molar-refractivity contribution in [2.75, 3.05) is 13.1 Å². The quantitative estimate of drug-likeness (QED) is 0.822. The second-order valence-electron chi connectivity index (χ2n) is 8.49. The van der Waals surface area contributed by atoms with Gasteiger partial charge in [-0.15, -0.1) is 0 Å². The van der Waals surface area contributed by atoms with E-state index < -0.39 is 10.0 Å². The zero-order chi connectivity index (χ0) is 19.4. The molecule has 0 saturated heterocycles. The van der Waals surface area contributed by atoms with E-state index in [4.69, 9.17) is 0 Å². The van der Waals surface area contributed by atoms with Crippen LogP contribution in [-0.2, 0) is 14.8 Å². The average molecular weight is 381 g/mol. The number of nitrogens with one attached hydrogen (secondary N) is 1. The molecule has 0 heterocycles. The molecule has 1 saturated carbocycles. The molecule has 0 bridgehead atoms. The average Bonchev–Trinajstić information content (AvgIpc) is 2.58. The molecular formula is C20H32N2O3S. The number of carbonyl (C=O) groups excluding carboxylic acids is 1. The van der Waals surface area contributed by atoms with E-state index >= 15 is 0 Å². The van der Waals surface area contributed by atoms with E-state index in [1.165, 1.54) is 4.31 Å². The zero-order valence-electron chi connectivity index (χ0n) is 16.4. The summed E-state index contributed by atoms with van der Waals surface area (Å²) in [4.78, 5) is 12.7. The van der Waals surface area contributed by atoms with Crippen LogP contribution in [0.3, 0.4) is 0 Å². The molecule has 0 atom stereocenters. The van der Waals surface area contributed by atoms with Gasteiger partial charge in [0.1, 0.15) is 0 Å². The predicted molar refractivity (Wildman–Crippen MR) is 104 cm³/mol. The molecule has 1 aromatic carbocycles. The zero-order valence-corrected chi connectivity index (χ0v) is 17.2. The molecule has 0 spiro atoms. The molecule has 5 nitrogen and oxygen atoms in total. The summed E-state index contributed by atoms with van der Waals surface area (Å²) < 4.78 is 27.9. The van der Waals surface area contributed by atoms with Gasteiger partial charge in [-0.3, -0.25) is 4.79 Å². The summed E-state index contributed by atoms with van der Waals surface area (Å²) in [6.07, 6.45) is 4.78. The van der Waals surface area contributed by atoms with E-state index in [0.717, 1.165) is 37.7 Å². The van der Waals surface area contributed by atoms with Gasteiger partial charge < -0.3 is 5.32 Å². The minimum Gasteiger partial charge on any atom is -0.354 e. The Kier molecular flexibility index (Phi) is 6.86. The van der Waals surface area contributed by atoms with Crippen LogP contribution >= 0.6 is 0 Å². The number of sulfonamides is 1. The van der Waals surface area contributed by atoms with E-state index in [2.05, 4.69) is 5.32 Å². The summed E-state index contributed by atoms with van der Waals surface area (Å²) in [6, 6.07) is 6.76. The van der Waals surface area contributed by atoms with E-state index in [9.17, 15) is 13.2 Å². The highest BCUT2D eigenvalue weighted by atomic mass is 32.2. The van der Waals surface area contributed by atoms with Gasteiger partial charge in [0.05, 0.1) is 11.4 Å². The first-order valence-corrected chi connectivity index (χ1v) is 10.9. The molecule has 2 rings (SSSR count). The maximum Gasteiger partial charge on any atom is 0.243 e. The Labute approximate surface area is 158 Å². The van der Waals surface area contributed by atoms with Gasteiger partial charge in [0, 0.05) is 12.6 Å². The third-order valence-corrected chi connectivity index (χ3v) is 6.64. The topological polar surface area (TPSA) is 66.5 Å². The normalized spacial score (nSPS) is 16.7. The fourth-order valence-corrected chi connectivity index (χ4v) is 4.83. The maximum atomic E-state index is 13.2. The summed E-state index contributed by atoms with van der Waals surface area (Å²) in [5.74, 6) is -0.235. The standard InChI is InChI=1S/C20H32N2O3S/c1-16-10-12-18(13-11-16)26(24,25)22(17-8-6-5-7-9-17)14-19(23)21-15-20(2,3)4/h10-13,17H,5-9,14-15H2,1-4H3,(H,21,23). The largest absolute Gasteiger partial charge is 0.354 e. The Balaban J connectivity index is 2.22. The van der Waals surface area contributed by atoms with Crippen molar-refractivity contribution < 1.29 is 13.2 Å². The van der Waals surface area contributed by atoms with Crippen LogP contribution in [0.15, 0.2) is 29.2 Å². The summed E-state index contributed by atoms with van der Waals surface area (Å²) in [6.45, 7) is 8.45. The Hall–Kier alpha value is -1.40. The summed E-state index contributed by atoms with van der Waals surface area (Å²) in [5.41, 5.74) is 0.970. The molecule has 146 valence electrons. The molecule has 1 fully saturated rings. The molecule has 0 unspecified atom stereocenters. The molecule has 0 aliphatic heterocycles. The van der Waals surface area contributed by atoms with Gasteiger partial charge >= 0.3 is 0 Å². The number of rotatable bonds is 6. The summed E-state index contributed by atoms with van der Waals surface area (Å²) in [7, 11) is -3.69. The van der Waals surface area contributed by atoms with Gasteiger partial charge in [-0.25, -0.2) is 8.42 Å². The minimum atomic E-state index is -3.69. The van der Waals surface area contributed by atoms with Gasteiger partial charge in [0.2, 0.25) is 15.9 Å². The molecule has 1 amide bonds. The van der Waals surface area contributed by atoms with Crippen molar-refractivity contribution in [2.24, 2.45) is 5.41 Å². The number of hydrogen-bond donors (Lipinski definition) is 1. The number of nitrogens with zero attached hydrogens (tertiary/aromatic N) is 1. The fourth-order valence-electron chi connectivity index (χ4n) is 3.19. The lowest BCUT2D eigenvalue weighted by Gasteiger charge is -2.33. The first-order chi connectivity index (χ1) is 12.1. The van der Waals surface area contributed by atoms with Crippen LogP contribution in [0.5, 0.6) is 0 Å². The highest BCUT2D eigenvalue weighted by molar-refractivity contribution is 7.89. The number of benzene rings is 1. The van der Waals surface area contributed by atoms with Gasteiger partial charge in [0.15, 0.2) is 0 Å². The molecule has 1 N–H and O–H groups in total. The van der Waals surface area contributed by atoms with Crippen molar-refractivity contribution in [1.82, 2.24) is 9.62 Å². The first kappa shape index (κ1) is 20.9. The summed E-state index contributed by atoms with van der Waals surface area (Å²) >= 11 is 0. The highest BCUT2D eigenvalue weighted by Crippen LogP contribution is 2.28. The number of amides is 1. The highest BCUT2D eigenvalue weighted by Gasteiger charge is 2.34. The Morgan fingerprint density at radius 1 is 1.12 bits per heavy atom. The van der Waals surface area contributed by atoms with Crippen LogP contribution in [0.2, 0.25) is 0 Å². The number of hydrogen-bond acceptors (Lipinski definition) is 3. The van der Waals surface area contributed by atoms with Crippen molar-refractivity contribution in [1.29, 1.82) is 0 Å². The van der Waals surface area contributed by atoms with Crippen LogP contribution in [0, 0.1) is 12.3 Å². The second kappa shape index (κ2) is 8.53. The molecule has 6 heteroatoms. The molecule has 0 aromatic heterocycles. The van der Waals surface area contributed by atoms with Gasteiger partial charge in [-0.05, 0) is 37.3 Å². The van der Waals surface area contributed by atoms with Crippen molar-refractivity contribution in [3.8, 4) is 0 Å². The lowest BCUT2D eigenvalue weighted by atomic mass is 9.95. The predicted octanol–water partition coefficient (Wildman–Crippen LogP) is 3.48. The van der Waals surface area contributed by atoms with Crippen molar-refractivity contribution in [3.63, 3.8) is 0 Å². The second-order valence-corrected chi connectivity index (χ2v) is 10.4. The minimum absolute atomic E-state index is 0.0405. The Morgan fingerprint density at radius 2 is 1.69 bits per heavy atom. The lowest BCUT2D eigenvalue weighted by molar-refractivity contribution is -0.122. The Bertz CT molecular complexity index is 700. The molecular weight excluding hydrogens is 348 g/mol. The molecule has 0 radical (unpaired) electrons. The van der Waals surface area contributed by atoms with Gasteiger partial charge in [-0.2, -0.15) is 4.31 Å². The van der Waals surface area contributed by atoms with Crippen LogP contribution in [0.25, 0.3) is 0 Å². The van der Waals surface area contributed by atoms with E-state index in [0.29, 0.717) is 6.54 Å². The molecule has 26 heavy (non-hydrogen) atoms. The fraction of sp³-hybridized carbons (Fsp3) is 0.650. The third kappa shape index (κ3) is 5.81. The van der Waals surface area contributed by atoms with Crippen LogP contribution in [0.4, 0.5) is 0 Å². The lowest BCUT2D eigenvalue weighted by Crippen LogP contribution is -2.48. The first-order valence-electron chi connectivity index (χ1n) is 9.45. The third-order valence-electron chi connectivity index (χ3n) is 4.72. The summed E-state index contributed by atoms with van der Waals surface area (Å²) in [5, 5.41) is 2.88. The Morgan fingerprint density at radius 3 is 2.23 bits per heavy atom. The number of aryl methyl sites for hydroxylation is 1. The van der Waals surface area contributed by atoms with Crippen molar-refractivity contribution in [3.05, 3.63) is 29.8 Å². The van der Waals surface area contributed by atoms with Gasteiger partial charge in [-0.1, -0.05) is 57.7 Å². The monoisotopic (exact) mass is 380 g/mol. The SMILES string of the molecule is Cc1ccc(S(=O)(=O)N(CC(=O)NCC(C)(C)C)C2CCCCC2)cc1. The van der Waals surface area contributed by atoms with Gasteiger partial charge in [0.25, 0.3) is 0 Å². The van der Waals surface area contributed by atoms with E-state index in [1.54, 1.807) is 24.3 Å². The van der Waals surface area contributed by atoms with E-state index in [1.807, 2.05) is 27.7 Å². The smallest absolute Gasteiger partial charge is 0.243 e. The molecule has 1 aliphatic carbocycles. The molecule has 1 aliphatic rings. The molecule has 1 aromatic rings. The van der Waals surface area contributed by atoms with Crippen LogP contribution in [0.1, 0.15) is 58.4 Å². The van der Waals surface area contributed by atoms with E-state index in [-0.39, 0.29) is 28.8 Å². The van der Waals surface area contributed by atoms with Crippen molar-refractivity contribution >= 4 is 15.9 Å². The van der Waals surface area contributed by atoms with Crippen LogP contribution < -0.4 is 5.32 Å². The van der Waals surface area contributed by atoms with Crippen LogP contribution in [-0.4, -0.2) is 37.8 Å². The number of carbonyl (C=O) groups is 1.